The topological polar surface area (TPSA) is 34.4 Å². The Kier molecular flexibility index (Phi) is 5.22. The summed E-state index contributed by atoms with van der Waals surface area (Å²) in [5.41, 5.74) is 1.96. The van der Waals surface area contributed by atoms with Gasteiger partial charge in [0.25, 0.3) is 5.91 Å². The molecule has 0 N–H and O–H groups in total. The Hall–Kier alpha value is -2.05. The van der Waals surface area contributed by atoms with Gasteiger partial charge in [-0.2, -0.15) is 0 Å². The molecule has 2 aliphatic heterocycles. The molecule has 0 radical (unpaired) electrons. The van der Waals surface area contributed by atoms with Crippen LogP contribution in [0.1, 0.15) is 29.6 Å². The van der Waals surface area contributed by atoms with Crippen molar-refractivity contribution in [3.63, 3.8) is 0 Å². The van der Waals surface area contributed by atoms with E-state index in [0.29, 0.717) is 0 Å². The van der Waals surface area contributed by atoms with E-state index in [2.05, 4.69) is 50.5 Å². The first-order chi connectivity index (χ1) is 14.2. The van der Waals surface area contributed by atoms with Crippen molar-refractivity contribution in [3.05, 3.63) is 36.0 Å². The maximum absolute atomic E-state index is 13.1. The average molecular weight is 396 g/mol. The molecular weight excluding hydrogens is 362 g/mol. The fourth-order valence-electron chi connectivity index (χ4n) is 4.73. The van der Waals surface area contributed by atoms with Crippen LogP contribution in [-0.2, 0) is 0 Å². The molecule has 2 aromatic rings. The van der Waals surface area contributed by atoms with Crippen LogP contribution in [0, 0.1) is 5.92 Å². The smallest absolute Gasteiger partial charge is 0.255 e. The quantitative estimate of drug-likeness (QED) is 0.795. The van der Waals surface area contributed by atoms with E-state index in [1.807, 2.05) is 11.0 Å². The van der Waals surface area contributed by atoms with Crippen LogP contribution >= 0.6 is 0 Å². The summed E-state index contributed by atoms with van der Waals surface area (Å²) in [6.07, 6.45) is 5.95. The highest BCUT2D eigenvalue weighted by Gasteiger charge is 2.27. The Morgan fingerprint density at radius 3 is 2.52 bits per heavy atom. The Morgan fingerprint density at radius 1 is 0.931 bits per heavy atom. The van der Waals surface area contributed by atoms with E-state index in [4.69, 9.17) is 0 Å². The van der Waals surface area contributed by atoms with Crippen LogP contribution in [0.25, 0.3) is 5.52 Å². The van der Waals surface area contributed by atoms with Crippen molar-refractivity contribution in [2.75, 3.05) is 70.9 Å². The zero-order chi connectivity index (χ0) is 19.8. The van der Waals surface area contributed by atoms with E-state index < -0.39 is 0 Å². The highest BCUT2D eigenvalue weighted by atomic mass is 16.2. The molecule has 0 aromatic carbocycles. The first-order valence-electron chi connectivity index (χ1n) is 11.2. The average Bonchev–Trinajstić information content (AvgIpc) is 3.50. The van der Waals surface area contributed by atoms with Crippen LogP contribution < -0.4 is 4.90 Å². The number of carbonyl (C=O) groups is 1. The summed E-state index contributed by atoms with van der Waals surface area (Å²) in [5.74, 6) is 2.34. The van der Waals surface area contributed by atoms with E-state index >= 15 is 0 Å². The van der Waals surface area contributed by atoms with Crippen molar-refractivity contribution < 1.29 is 4.79 Å². The summed E-state index contributed by atoms with van der Waals surface area (Å²) >= 11 is 0. The van der Waals surface area contributed by atoms with Crippen molar-refractivity contribution in [2.24, 2.45) is 5.92 Å². The summed E-state index contributed by atoms with van der Waals surface area (Å²) in [6, 6.07) is 8.45. The summed E-state index contributed by atoms with van der Waals surface area (Å²) < 4.78 is 2.22. The van der Waals surface area contributed by atoms with Crippen LogP contribution in [0.5, 0.6) is 0 Å². The Balaban J connectivity index is 1.31. The number of rotatable bonds is 4. The highest BCUT2D eigenvalue weighted by molar-refractivity contribution is 5.94. The Morgan fingerprint density at radius 2 is 1.72 bits per heavy atom. The molecule has 29 heavy (non-hydrogen) atoms. The maximum Gasteiger partial charge on any atom is 0.255 e. The summed E-state index contributed by atoms with van der Waals surface area (Å²) in [4.78, 5) is 22.6. The van der Waals surface area contributed by atoms with Gasteiger partial charge in [0.2, 0.25) is 0 Å². The molecule has 156 valence electrons. The Bertz CT molecular complexity index is 865. The molecule has 0 bridgehead atoms. The molecule has 3 fully saturated rings. The molecule has 2 saturated heterocycles. The van der Waals surface area contributed by atoms with Crippen LogP contribution in [0.3, 0.4) is 0 Å². The number of carbonyl (C=O) groups excluding carboxylic acids is 1. The Labute approximate surface area is 173 Å². The third kappa shape index (κ3) is 4.14. The maximum atomic E-state index is 13.1. The predicted molar refractivity (Wildman–Crippen MR) is 117 cm³/mol. The lowest BCUT2D eigenvalue weighted by molar-refractivity contribution is 0.0762. The first kappa shape index (κ1) is 18.9. The van der Waals surface area contributed by atoms with Gasteiger partial charge in [0, 0.05) is 64.1 Å². The van der Waals surface area contributed by atoms with Crippen LogP contribution in [0.4, 0.5) is 5.82 Å². The zero-order valence-electron chi connectivity index (χ0n) is 17.6. The van der Waals surface area contributed by atoms with E-state index in [0.717, 1.165) is 75.8 Å². The number of fused-ring (bicyclic) bond motifs is 1. The van der Waals surface area contributed by atoms with Crippen LogP contribution in [-0.4, -0.2) is 91.0 Å². The first-order valence-corrected chi connectivity index (χ1v) is 11.2. The zero-order valence-corrected chi connectivity index (χ0v) is 17.6. The molecule has 4 heterocycles. The van der Waals surface area contributed by atoms with Gasteiger partial charge < -0.3 is 19.1 Å². The standard InChI is InChI=1S/C23H33N5O/c1-24-9-2-10-27(14-11-24)23(29)20-5-6-21-7-8-22(28(21)18-20)26-15-12-25(13-16-26)17-19-3-4-19/h5-8,18-19H,2-4,9-17H2,1H3. The number of hydrogen-bond acceptors (Lipinski definition) is 4. The van der Waals surface area contributed by atoms with Crippen molar-refractivity contribution in [2.45, 2.75) is 19.3 Å². The predicted octanol–water partition coefficient (Wildman–Crippen LogP) is 2.25. The molecule has 5 rings (SSSR count). The van der Waals surface area contributed by atoms with Crippen LogP contribution in [0.2, 0.25) is 0 Å². The minimum absolute atomic E-state index is 0.163. The minimum atomic E-state index is 0.163. The summed E-state index contributed by atoms with van der Waals surface area (Å²) in [7, 11) is 2.14. The molecule has 0 atom stereocenters. The molecule has 0 spiro atoms. The summed E-state index contributed by atoms with van der Waals surface area (Å²) in [5, 5.41) is 0. The number of amides is 1. The van der Waals surface area contributed by atoms with E-state index in [1.165, 1.54) is 25.2 Å². The van der Waals surface area contributed by atoms with Crippen molar-refractivity contribution in [3.8, 4) is 0 Å². The SMILES string of the molecule is CN1CCCN(C(=O)c2ccc3ccc(N4CCN(CC5CC5)CC4)n3c2)CC1. The molecule has 6 nitrogen and oxygen atoms in total. The van der Waals surface area contributed by atoms with E-state index in [1.54, 1.807) is 0 Å². The molecule has 6 heteroatoms. The number of pyridine rings is 1. The van der Waals surface area contributed by atoms with Gasteiger partial charge in [-0.15, -0.1) is 0 Å². The minimum Gasteiger partial charge on any atom is -0.355 e. The van der Waals surface area contributed by atoms with Gasteiger partial charge >= 0.3 is 0 Å². The van der Waals surface area contributed by atoms with Crippen LogP contribution in [0.15, 0.2) is 30.5 Å². The second-order valence-corrected chi connectivity index (χ2v) is 9.08. The highest BCUT2D eigenvalue weighted by Crippen LogP contribution is 2.30. The fraction of sp³-hybridized carbons (Fsp3) is 0.609. The molecule has 2 aromatic heterocycles. The monoisotopic (exact) mass is 395 g/mol. The van der Waals surface area contributed by atoms with Gasteiger partial charge in [0.05, 0.1) is 5.56 Å². The van der Waals surface area contributed by atoms with Gasteiger partial charge in [-0.3, -0.25) is 9.69 Å². The van der Waals surface area contributed by atoms with E-state index in [-0.39, 0.29) is 5.91 Å². The van der Waals surface area contributed by atoms with Gasteiger partial charge in [0.1, 0.15) is 5.82 Å². The third-order valence-electron chi connectivity index (χ3n) is 6.79. The van der Waals surface area contributed by atoms with Crippen molar-refractivity contribution in [1.29, 1.82) is 0 Å². The van der Waals surface area contributed by atoms with Crippen molar-refractivity contribution in [1.82, 2.24) is 19.1 Å². The second-order valence-electron chi connectivity index (χ2n) is 9.08. The summed E-state index contributed by atoms with van der Waals surface area (Å²) in [6.45, 7) is 9.38. The van der Waals surface area contributed by atoms with E-state index in [9.17, 15) is 4.79 Å². The largest absolute Gasteiger partial charge is 0.355 e. The van der Waals surface area contributed by atoms with Gasteiger partial charge in [-0.1, -0.05) is 0 Å². The third-order valence-corrected chi connectivity index (χ3v) is 6.79. The van der Waals surface area contributed by atoms with Gasteiger partial charge in [-0.25, -0.2) is 0 Å². The second kappa shape index (κ2) is 8.00. The number of anilines is 1. The molecule has 1 amide bonds. The molecule has 1 saturated carbocycles. The lowest BCUT2D eigenvalue weighted by Crippen LogP contribution is -2.47. The molecular formula is C23H33N5O. The normalized spacial score (nSPS) is 22.2. The number of hydrogen-bond donors (Lipinski definition) is 0. The van der Waals surface area contributed by atoms with Gasteiger partial charge in [0.15, 0.2) is 0 Å². The number of nitrogens with zero attached hydrogens (tertiary/aromatic N) is 5. The number of aromatic nitrogens is 1. The lowest BCUT2D eigenvalue weighted by Gasteiger charge is -2.35. The molecule has 1 aliphatic carbocycles. The fourth-order valence-corrected chi connectivity index (χ4v) is 4.73. The lowest BCUT2D eigenvalue weighted by atomic mass is 10.2. The van der Waals surface area contributed by atoms with Crippen molar-refractivity contribution >= 4 is 17.2 Å². The number of piperazine rings is 1. The van der Waals surface area contributed by atoms with Gasteiger partial charge in [-0.05, 0) is 63.0 Å². The molecule has 0 unspecified atom stereocenters. The number of likely N-dealkylation sites (N-methyl/N-ethyl adjacent to an activating group) is 1. The molecule has 3 aliphatic rings.